The smallest absolute Gasteiger partial charge is 0.251 e. The summed E-state index contributed by atoms with van der Waals surface area (Å²) in [6.45, 7) is 5.66. The molecule has 2 aromatic rings. The number of benzene rings is 1. The molecule has 4 heteroatoms. The van der Waals surface area contributed by atoms with Gasteiger partial charge >= 0.3 is 0 Å². The molecule has 2 heterocycles. The van der Waals surface area contributed by atoms with E-state index in [1.807, 2.05) is 18.2 Å². The molecule has 1 fully saturated rings. The van der Waals surface area contributed by atoms with E-state index in [-0.39, 0.29) is 5.91 Å². The molecule has 1 saturated heterocycles. The van der Waals surface area contributed by atoms with Crippen LogP contribution in [0.2, 0.25) is 0 Å². The maximum Gasteiger partial charge on any atom is 0.251 e. The minimum absolute atomic E-state index is 0.00634. The van der Waals surface area contributed by atoms with Crippen LogP contribution in [0.4, 0.5) is 0 Å². The second kappa shape index (κ2) is 5.90. The summed E-state index contributed by atoms with van der Waals surface area (Å²) in [5.41, 5.74) is 4.16. The van der Waals surface area contributed by atoms with Crippen LogP contribution in [0.25, 0.3) is 10.9 Å². The average molecular weight is 286 g/mol. The largest absolute Gasteiger partial charge is 0.378 e. The lowest BCUT2D eigenvalue weighted by atomic mass is 10.1. The molecule has 1 aliphatic rings. The van der Waals surface area contributed by atoms with Gasteiger partial charge in [0.25, 0.3) is 5.91 Å². The zero-order valence-electron chi connectivity index (χ0n) is 12.7. The third kappa shape index (κ3) is 2.95. The van der Waals surface area contributed by atoms with Crippen LogP contribution in [0, 0.1) is 13.8 Å². The highest BCUT2D eigenvalue weighted by Crippen LogP contribution is 2.22. The number of carbonyl (C=O) groups is 1. The summed E-state index contributed by atoms with van der Waals surface area (Å²) < 4.78 is 5.56. The summed E-state index contributed by atoms with van der Waals surface area (Å²) in [5, 5.41) is 4.11. The lowest BCUT2D eigenvalue weighted by Crippen LogP contribution is -2.26. The molecule has 0 radical (unpaired) electrons. The maximum atomic E-state index is 12.2. The number of ether oxygens (including phenoxy) is 1. The van der Waals surface area contributed by atoms with Gasteiger partial charge in [-0.05, 0) is 56.9 Å². The Balaban J connectivity index is 1.65. The Labute approximate surface area is 124 Å². The van der Waals surface area contributed by atoms with Crippen LogP contribution in [-0.4, -0.2) is 30.1 Å². The fourth-order valence-electron chi connectivity index (χ4n) is 2.92. The first kappa shape index (κ1) is 14.1. The number of hydrogen-bond donors (Lipinski definition) is 2. The van der Waals surface area contributed by atoms with Crippen molar-refractivity contribution in [3.8, 4) is 0 Å². The quantitative estimate of drug-likeness (QED) is 0.907. The van der Waals surface area contributed by atoms with E-state index in [1.165, 1.54) is 5.56 Å². The van der Waals surface area contributed by atoms with Crippen LogP contribution in [0.5, 0.6) is 0 Å². The number of rotatable bonds is 4. The molecule has 0 spiro atoms. The van der Waals surface area contributed by atoms with Gasteiger partial charge < -0.3 is 15.0 Å². The second-order valence-corrected chi connectivity index (χ2v) is 5.81. The van der Waals surface area contributed by atoms with E-state index < -0.39 is 0 Å². The van der Waals surface area contributed by atoms with Gasteiger partial charge in [0, 0.05) is 35.3 Å². The van der Waals surface area contributed by atoms with Crippen molar-refractivity contribution in [1.82, 2.24) is 10.3 Å². The third-order valence-electron chi connectivity index (χ3n) is 4.35. The van der Waals surface area contributed by atoms with Crippen LogP contribution in [0.3, 0.4) is 0 Å². The number of hydrogen-bond acceptors (Lipinski definition) is 2. The summed E-state index contributed by atoms with van der Waals surface area (Å²) in [5.74, 6) is -0.00634. The van der Waals surface area contributed by atoms with Crippen molar-refractivity contribution in [2.45, 2.75) is 39.2 Å². The number of H-pyrrole nitrogens is 1. The van der Waals surface area contributed by atoms with Crippen molar-refractivity contribution >= 4 is 16.8 Å². The first-order valence-electron chi connectivity index (χ1n) is 7.64. The molecule has 0 bridgehead atoms. The predicted octanol–water partition coefficient (Wildman–Crippen LogP) is 3.08. The Morgan fingerprint density at radius 1 is 1.43 bits per heavy atom. The molecule has 1 amide bonds. The summed E-state index contributed by atoms with van der Waals surface area (Å²) in [7, 11) is 0. The van der Waals surface area contributed by atoms with Crippen molar-refractivity contribution in [3.05, 3.63) is 35.0 Å². The van der Waals surface area contributed by atoms with E-state index in [0.717, 1.165) is 48.0 Å². The van der Waals surface area contributed by atoms with Gasteiger partial charge in [-0.2, -0.15) is 0 Å². The molecule has 0 saturated carbocycles. The molecule has 21 heavy (non-hydrogen) atoms. The molecular formula is C17H22N2O2. The molecule has 4 nitrogen and oxygen atoms in total. The Bertz CT molecular complexity index is 654. The van der Waals surface area contributed by atoms with Crippen molar-refractivity contribution in [2.24, 2.45) is 0 Å². The molecule has 1 aromatic carbocycles. The summed E-state index contributed by atoms with van der Waals surface area (Å²) in [4.78, 5) is 15.5. The molecule has 112 valence electrons. The zero-order valence-corrected chi connectivity index (χ0v) is 12.7. The summed E-state index contributed by atoms with van der Waals surface area (Å²) in [6, 6.07) is 5.82. The number of aromatic nitrogens is 1. The van der Waals surface area contributed by atoms with Gasteiger partial charge in [0.05, 0.1) is 6.10 Å². The van der Waals surface area contributed by atoms with Crippen molar-refractivity contribution < 1.29 is 9.53 Å². The minimum atomic E-state index is -0.00634. The molecule has 1 aromatic heterocycles. The van der Waals surface area contributed by atoms with E-state index in [9.17, 15) is 4.79 Å². The number of aromatic amines is 1. The third-order valence-corrected chi connectivity index (χ3v) is 4.35. The molecule has 3 rings (SSSR count). The fraction of sp³-hybridized carbons (Fsp3) is 0.471. The second-order valence-electron chi connectivity index (χ2n) is 5.81. The van der Waals surface area contributed by atoms with Gasteiger partial charge in [-0.1, -0.05) is 0 Å². The lowest BCUT2D eigenvalue weighted by molar-refractivity contribution is 0.0907. The number of aryl methyl sites for hydroxylation is 2. The molecule has 2 N–H and O–H groups in total. The molecule has 1 atom stereocenters. The topological polar surface area (TPSA) is 54.1 Å². The van der Waals surface area contributed by atoms with Gasteiger partial charge in [-0.15, -0.1) is 0 Å². The molecular weight excluding hydrogens is 264 g/mol. The maximum absolute atomic E-state index is 12.2. The van der Waals surface area contributed by atoms with E-state index in [2.05, 4.69) is 24.1 Å². The highest BCUT2D eigenvalue weighted by Gasteiger charge is 2.15. The predicted molar refractivity (Wildman–Crippen MR) is 83.7 cm³/mol. The van der Waals surface area contributed by atoms with E-state index in [0.29, 0.717) is 12.6 Å². The number of fused-ring (bicyclic) bond motifs is 1. The van der Waals surface area contributed by atoms with Crippen molar-refractivity contribution in [2.75, 3.05) is 13.2 Å². The Hall–Kier alpha value is -1.81. The first-order chi connectivity index (χ1) is 10.1. The number of nitrogens with one attached hydrogen (secondary N) is 2. The van der Waals surface area contributed by atoms with Gasteiger partial charge in [0.1, 0.15) is 0 Å². The van der Waals surface area contributed by atoms with Crippen LogP contribution in [0.1, 0.15) is 40.9 Å². The molecule has 1 aliphatic heterocycles. The normalized spacial score (nSPS) is 18.3. The van der Waals surface area contributed by atoms with E-state index >= 15 is 0 Å². The van der Waals surface area contributed by atoms with Crippen LogP contribution in [-0.2, 0) is 4.74 Å². The SMILES string of the molecule is Cc1[nH]c2ccc(C(=O)NCCC3CCCO3)cc2c1C. The highest BCUT2D eigenvalue weighted by atomic mass is 16.5. The van der Waals surface area contributed by atoms with Gasteiger partial charge in [-0.25, -0.2) is 0 Å². The summed E-state index contributed by atoms with van der Waals surface area (Å²) >= 11 is 0. The van der Waals surface area contributed by atoms with E-state index in [4.69, 9.17) is 4.74 Å². The lowest BCUT2D eigenvalue weighted by Gasteiger charge is -2.10. The fourth-order valence-corrected chi connectivity index (χ4v) is 2.92. The Kier molecular flexibility index (Phi) is 3.97. The first-order valence-corrected chi connectivity index (χ1v) is 7.64. The monoisotopic (exact) mass is 286 g/mol. The van der Waals surface area contributed by atoms with Gasteiger partial charge in [-0.3, -0.25) is 4.79 Å². The average Bonchev–Trinajstić information content (AvgIpc) is 3.08. The van der Waals surface area contributed by atoms with E-state index in [1.54, 1.807) is 0 Å². The Morgan fingerprint density at radius 3 is 3.05 bits per heavy atom. The van der Waals surface area contributed by atoms with Gasteiger partial charge in [0.2, 0.25) is 0 Å². The standard InChI is InChI=1S/C17H22N2O2/c1-11-12(2)19-16-6-5-13(10-15(11)16)17(20)18-8-7-14-4-3-9-21-14/h5-6,10,14,19H,3-4,7-9H2,1-2H3,(H,18,20). The highest BCUT2D eigenvalue weighted by molar-refractivity contribution is 5.99. The van der Waals surface area contributed by atoms with Crippen LogP contribution in [0.15, 0.2) is 18.2 Å². The number of amides is 1. The molecule has 0 aliphatic carbocycles. The van der Waals surface area contributed by atoms with Crippen molar-refractivity contribution in [3.63, 3.8) is 0 Å². The zero-order chi connectivity index (χ0) is 14.8. The van der Waals surface area contributed by atoms with Crippen molar-refractivity contribution in [1.29, 1.82) is 0 Å². The molecule has 1 unspecified atom stereocenters. The van der Waals surface area contributed by atoms with Gasteiger partial charge in [0.15, 0.2) is 0 Å². The van der Waals surface area contributed by atoms with Crippen LogP contribution >= 0.6 is 0 Å². The number of carbonyl (C=O) groups excluding carboxylic acids is 1. The Morgan fingerprint density at radius 2 is 2.29 bits per heavy atom. The van der Waals surface area contributed by atoms with Crippen LogP contribution < -0.4 is 5.32 Å². The summed E-state index contributed by atoms with van der Waals surface area (Å²) in [6.07, 6.45) is 3.48. The minimum Gasteiger partial charge on any atom is -0.378 e.